The van der Waals surface area contributed by atoms with Crippen LogP contribution in [0.15, 0.2) is 51.5 Å². The van der Waals surface area contributed by atoms with Crippen LogP contribution in [-0.4, -0.2) is 16.4 Å². The summed E-state index contributed by atoms with van der Waals surface area (Å²) >= 11 is 9.15. The Labute approximate surface area is 145 Å². The molecule has 116 valence electrons. The van der Waals surface area contributed by atoms with Crippen molar-refractivity contribution in [2.75, 3.05) is 0 Å². The number of carbonyl (C=O) groups is 1. The molecule has 7 heteroatoms. The van der Waals surface area contributed by atoms with Gasteiger partial charge in [-0.1, -0.05) is 32.7 Å². The summed E-state index contributed by atoms with van der Waals surface area (Å²) in [5.74, 6) is 1.22. The monoisotopic (exact) mass is 392 g/mol. The van der Waals surface area contributed by atoms with E-state index in [4.69, 9.17) is 20.9 Å². The Morgan fingerprint density at radius 3 is 2.74 bits per heavy atom. The number of nitrogens with zero attached hydrogens (tertiary/aromatic N) is 2. The standard InChI is InChI=1S/C16H10BrClN2O3/c17-12-3-6-14(11(7-12)8-21)22-9-15-19-16(20-23-15)10-1-4-13(18)5-2-10/h1-8H,9H2. The molecule has 23 heavy (non-hydrogen) atoms. The van der Waals surface area contributed by atoms with E-state index in [0.29, 0.717) is 28.1 Å². The van der Waals surface area contributed by atoms with E-state index in [1.807, 2.05) is 0 Å². The van der Waals surface area contributed by atoms with E-state index in [2.05, 4.69) is 26.1 Å². The first-order valence-electron chi connectivity index (χ1n) is 6.62. The highest BCUT2D eigenvalue weighted by Gasteiger charge is 2.11. The molecule has 5 nitrogen and oxygen atoms in total. The summed E-state index contributed by atoms with van der Waals surface area (Å²) < 4.78 is 11.5. The first-order valence-corrected chi connectivity index (χ1v) is 7.79. The second-order valence-corrected chi connectivity index (χ2v) is 5.96. The molecule has 0 saturated heterocycles. The number of rotatable bonds is 5. The van der Waals surface area contributed by atoms with Gasteiger partial charge in [-0.25, -0.2) is 0 Å². The lowest BCUT2D eigenvalue weighted by Gasteiger charge is -2.05. The summed E-state index contributed by atoms with van der Waals surface area (Å²) in [4.78, 5) is 15.3. The molecule has 0 aliphatic carbocycles. The van der Waals surface area contributed by atoms with Gasteiger partial charge in [-0.3, -0.25) is 4.79 Å². The normalized spacial score (nSPS) is 10.5. The number of aldehydes is 1. The summed E-state index contributed by atoms with van der Waals surface area (Å²) in [5, 5.41) is 4.54. The average Bonchev–Trinajstić information content (AvgIpc) is 3.03. The third-order valence-electron chi connectivity index (χ3n) is 3.02. The molecule has 1 heterocycles. The maximum absolute atomic E-state index is 11.0. The van der Waals surface area contributed by atoms with Crippen LogP contribution < -0.4 is 4.74 Å². The second-order valence-electron chi connectivity index (χ2n) is 4.61. The van der Waals surface area contributed by atoms with Crippen molar-refractivity contribution in [2.45, 2.75) is 6.61 Å². The zero-order chi connectivity index (χ0) is 16.2. The van der Waals surface area contributed by atoms with Crippen LogP contribution in [0.2, 0.25) is 5.02 Å². The van der Waals surface area contributed by atoms with E-state index >= 15 is 0 Å². The zero-order valence-electron chi connectivity index (χ0n) is 11.7. The van der Waals surface area contributed by atoms with Crippen molar-refractivity contribution < 1.29 is 14.1 Å². The topological polar surface area (TPSA) is 65.2 Å². The van der Waals surface area contributed by atoms with E-state index < -0.39 is 0 Å². The Bertz CT molecular complexity index is 834. The molecular weight excluding hydrogens is 384 g/mol. The average molecular weight is 394 g/mol. The molecule has 0 amide bonds. The van der Waals surface area contributed by atoms with Crippen molar-refractivity contribution in [2.24, 2.45) is 0 Å². The quantitative estimate of drug-likeness (QED) is 0.595. The van der Waals surface area contributed by atoms with Crippen molar-refractivity contribution in [1.82, 2.24) is 10.1 Å². The van der Waals surface area contributed by atoms with Crippen molar-refractivity contribution in [3.05, 3.63) is 63.4 Å². The van der Waals surface area contributed by atoms with Crippen molar-refractivity contribution in [3.63, 3.8) is 0 Å². The lowest BCUT2D eigenvalue weighted by atomic mass is 10.2. The van der Waals surface area contributed by atoms with E-state index in [1.165, 1.54) is 0 Å². The minimum Gasteiger partial charge on any atom is -0.483 e. The molecule has 3 rings (SSSR count). The number of benzene rings is 2. The van der Waals surface area contributed by atoms with Gasteiger partial charge in [0.25, 0.3) is 5.89 Å². The first kappa shape index (κ1) is 15.7. The molecular formula is C16H10BrClN2O3. The Hall–Kier alpha value is -2.18. The van der Waals surface area contributed by atoms with E-state index in [1.54, 1.807) is 42.5 Å². The molecule has 0 atom stereocenters. The molecule has 0 N–H and O–H groups in total. The van der Waals surface area contributed by atoms with Crippen LogP contribution in [-0.2, 0) is 6.61 Å². The number of aromatic nitrogens is 2. The molecule has 0 radical (unpaired) electrons. The van der Waals surface area contributed by atoms with Crippen molar-refractivity contribution in [1.29, 1.82) is 0 Å². The Morgan fingerprint density at radius 2 is 2.00 bits per heavy atom. The summed E-state index contributed by atoms with van der Waals surface area (Å²) in [7, 11) is 0. The Kier molecular flexibility index (Phi) is 4.73. The Balaban J connectivity index is 1.72. The zero-order valence-corrected chi connectivity index (χ0v) is 14.0. The molecule has 0 spiro atoms. The van der Waals surface area contributed by atoms with Gasteiger partial charge in [-0.2, -0.15) is 4.98 Å². The molecule has 0 aliphatic rings. The summed E-state index contributed by atoms with van der Waals surface area (Å²) in [5.41, 5.74) is 1.23. The number of carbonyl (C=O) groups excluding carboxylic acids is 1. The molecule has 0 saturated carbocycles. The number of ether oxygens (including phenoxy) is 1. The van der Waals surface area contributed by atoms with Crippen LogP contribution in [0.4, 0.5) is 0 Å². The van der Waals surface area contributed by atoms with Crippen molar-refractivity contribution in [3.8, 4) is 17.1 Å². The molecule has 0 bridgehead atoms. The van der Waals surface area contributed by atoms with Gasteiger partial charge >= 0.3 is 0 Å². The van der Waals surface area contributed by atoms with Gasteiger partial charge in [0.15, 0.2) is 12.9 Å². The summed E-state index contributed by atoms with van der Waals surface area (Å²) in [6.07, 6.45) is 0.729. The highest BCUT2D eigenvalue weighted by Crippen LogP contribution is 2.23. The van der Waals surface area contributed by atoms with Crippen LogP contribution in [0.3, 0.4) is 0 Å². The predicted molar refractivity (Wildman–Crippen MR) is 88.6 cm³/mol. The maximum atomic E-state index is 11.0. The minimum atomic E-state index is 0.0725. The number of halogens is 2. The maximum Gasteiger partial charge on any atom is 0.264 e. The predicted octanol–water partition coefficient (Wildman–Crippen LogP) is 4.54. The number of hydrogen-bond donors (Lipinski definition) is 0. The summed E-state index contributed by atoms with van der Waals surface area (Å²) in [6.45, 7) is 0.0725. The van der Waals surface area contributed by atoms with Crippen LogP contribution in [0, 0.1) is 0 Å². The lowest BCUT2D eigenvalue weighted by molar-refractivity contribution is 0.111. The molecule has 1 aromatic heterocycles. The van der Waals surface area contributed by atoms with E-state index in [9.17, 15) is 4.79 Å². The number of hydrogen-bond acceptors (Lipinski definition) is 5. The largest absolute Gasteiger partial charge is 0.483 e. The SMILES string of the molecule is O=Cc1cc(Br)ccc1OCc1nc(-c2ccc(Cl)cc2)no1. The fourth-order valence-corrected chi connectivity index (χ4v) is 2.42. The van der Waals surface area contributed by atoms with Gasteiger partial charge < -0.3 is 9.26 Å². The molecule has 0 aliphatic heterocycles. The van der Waals surface area contributed by atoms with E-state index in [-0.39, 0.29) is 6.61 Å². The fourth-order valence-electron chi connectivity index (χ4n) is 1.91. The summed E-state index contributed by atoms with van der Waals surface area (Å²) in [6, 6.07) is 12.3. The third kappa shape index (κ3) is 3.78. The first-order chi connectivity index (χ1) is 11.2. The van der Waals surface area contributed by atoms with Gasteiger partial charge in [0, 0.05) is 15.1 Å². The van der Waals surface area contributed by atoms with Gasteiger partial charge in [0.2, 0.25) is 5.82 Å². The van der Waals surface area contributed by atoms with Gasteiger partial charge in [0.1, 0.15) is 5.75 Å². The van der Waals surface area contributed by atoms with Crippen molar-refractivity contribution >= 4 is 33.8 Å². The van der Waals surface area contributed by atoms with Crippen LogP contribution in [0.25, 0.3) is 11.4 Å². The van der Waals surface area contributed by atoms with Crippen LogP contribution >= 0.6 is 27.5 Å². The van der Waals surface area contributed by atoms with Gasteiger partial charge in [-0.15, -0.1) is 0 Å². The van der Waals surface area contributed by atoms with Crippen LogP contribution in [0.1, 0.15) is 16.2 Å². The third-order valence-corrected chi connectivity index (χ3v) is 3.77. The van der Waals surface area contributed by atoms with Gasteiger partial charge in [-0.05, 0) is 42.5 Å². The highest BCUT2D eigenvalue weighted by atomic mass is 79.9. The molecule has 3 aromatic rings. The second kappa shape index (κ2) is 6.93. The van der Waals surface area contributed by atoms with Crippen LogP contribution in [0.5, 0.6) is 5.75 Å². The Morgan fingerprint density at radius 1 is 1.22 bits per heavy atom. The molecule has 0 unspecified atom stereocenters. The lowest BCUT2D eigenvalue weighted by Crippen LogP contribution is -1.98. The molecule has 2 aromatic carbocycles. The molecule has 0 fully saturated rings. The van der Waals surface area contributed by atoms with Gasteiger partial charge in [0.05, 0.1) is 5.56 Å². The fraction of sp³-hybridized carbons (Fsp3) is 0.0625. The van der Waals surface area contributed by atoms with E-state index in [0.717, 1.165) is 16.3 Å². The smallest absolute Gasteiger partial charge is 0.264 e. The minimum absolute atomic E-state index is 0.0725. The highest BCUT2D eigenvalue weighted by molar-refractivity contribution is 9.10.